The molecule has 2 heterocycles. The van der Waals surface area contributed by atoms with Gasteiger partial charge in [0.25, 0.3) is 0 Å². The van der Waals surface area contributed by atoms with Crippen molar-refractivity contribution in [2.24, 2.45) is 0 Å². The molecule has 0 amide bonds. The summed E-state index contributed by atoms with van der Waals surface area (Å²) in [5.41, 5.74) is 0. The highest BCUT2D eigenvalue weighted by atomic mass is 16.5. The standard InChI is InChI=1S/C12H24N2O2/c1-10(7-12-9-15-5-3-13-12)14-4-6-16-8-11(14)2/h10-13H,3-9H2,1-2H3. The van der Waals surface area contributed by atoms with Crippen LogP contribution < -0.4 is 5.32 Å². The lowest BCUT2D eigenvalue weighted by molar-refractivity contribution is -0.0259. The molecule has 2 aliphatic rings. The molecule has 0 saturated carbocycles. The van der Waals surface area contributed by atoms with E-state index >= 15 is 0 Å². The molecule has 4 heteroatoms. The third-order valence-corrected chi connectivity index (χ3v) is 3.61. The molecule has 0 aromatic heterocycles. The highest BCUT2D eigenvalue weighted by Gasteiger charge is 2.26. The molecule has 2 saturated heterocycles. The van der Waals surface area contributed by atoms with E-state index in [0.29, 0.717) is 18.1 Å². The molecule has 94 valence electrons. The van der Waals surface area contributed by atoms with E-state index in [-0.39, 0.29) is 0 Å². The van der Waals surface area contributed by atoms with Crippen molar-refractivity contribution < 1.29 is 9.47 Å². The largest absolute Gasteiger partial charge is 0.379 e. The summed E-state index contributed by atoms with van der Waals surface area (Å²) >= 11 is 0. The zero-order chi connectivity index (χ0) is 11.4. The van der Waals surface area contributed by atoms with Gasteiger partial charge < -0.3 is 14.8 Å². The van der Waals surface area contributed by atoms with Gasteiger partial charge in [0.1, 0.15) is 0 Å². The number of ether oxygens (including phenoxy) is 2. The summed E-state index contributed by atoms with van der Waals surface area (Å²) in [6.45, 7) is 10.1. The van der Waals surface area contributed by atoms with Gasteiger partial charge in [-0.15, -0.1) is 0 Å². The molecule has 0 aliphatic carbocycles. The van der Waals surface area contributed by atoms with Crippen LogP contribution in [0.25, 0.3) is 0 Å². The first-order valence-corrected chi connectivity index (χ1v) is 6.42. The average Bonchev–Trinajstić information content (AvgIpc) is 2.31. The molecule has 2 fully saturated rings. The lowest BCUT2D eigenvalue weighted by Gasteiger charge is -2.39. The van der Waals surface area contributed by atoms with Crippen LogP contribution in [0.1, 0.15) is 20.3 Å². The van der Waals surface area contributed by atoms with Gasteiger partial charge >= 0.3 is 0 Å². The molecule has 0 aromatic rings. The lowest BCUT2D eigenvalue weighted by atomic mass is 10.0. The summed E-state index contributed by atoms with van der Waals surface area (Å²) in [5.74, 6) is 0. The summed E-state index contributed by atoms with van der Waals surface area (Å²) in [4.78, 5) is 2.56. The van der Waals surface area contributed by atoms with Crippen molar-refractivity contribution in [3.05, 3.63) is 0 Å². The molecule has 2 rings (SSSR count). The Morgan fingerprint density at radius 1 is 1.31 bits per heavy atom. The van der Waals surface area contributed by atoms with Crippen molar-refractivity contribution in [2.45, 2.75) is 38.4 Å². The first kappa shape index (κ1) is 12.3. The quantitative estimate of drug-likeness (QED) is 0.761. The smallest absolute Gasteiger partial charge is 0.0620 e. The van der Waals surface area contributed by atoms with Gasteiger partial charge in [0, 0.05) is 31.2 Å². The Morgan fingerprint density at radius 2 is 2.12 bits per heavy atom. The van der Waals surface area contributed by atoms with Crippen LogP contribution in [0, 0.1) is 0 Å². The van der Waals surface area contributed by atoms with Gasteiger partial charge in [-0.25, -0.2) is 0 Å². The Bertz CT molecular complexity index is 207. The van der Waals surface area contributed by atoms with Crippen LogP contribution in [0.2, 0.25) is 0 Å². The van der Waals surface area contributed by atoms with Crippen molar-refractivity contribution in [3.8, 4) is 0 Å². The van der Waals surface area contributed by atoms with Gasteiger partial charge in [-0.3, -0.25) is 4.90 Å². The van der Waals surface area contributed by atoms with Crippen molar-refractivity contribution >= 4 is 0 Å². The third kappa shape index (κ3) is 3.17. The van der Waals surface area contributed by atoms with Crippen LogP contribution in [-0.2, 0) is 9.47 Å². The zero-order valence-electron chi connectivity index (χ0n) is 10.4. The minimum absolute atomic E-state index is 0.527. The summed E-state index contributed by atoms with van der Waals surface area (Å²) in [5, 5.41) is 3.52. The molecule has 2 aliphatic heterocycles. The predicted molar refractivity (Wildman–Crippen MR) is 63.7 cm³/mol. The Hall–Kier alpha value is -0.160. The Balaban J connectivity index is 1.78. The minimum atomic E-state index is 0.527. The number of hydrogen-bond donors (Lipinski definition) is 1. The summed E-state index contributed by atoms with van der Waals surface area (Å²) < 4.78 is 11.0. The van der Waals surface area contributed by atoms with Gasteiger partial charge in [-0.05, 0) is 20.3 Å². The molecule has 0 bridgehead atoms. The second-order valence-corrected chi connectivity index (χ2v) is 4.97. The molecule has 1 N–H and O–H groups in total. The van der Waals surface area contributed by atoms with Gasteiger partial charge in [-0.1, -0.05) is 0 Å². The fraction of sp³-hybridized carbons (Fsp3) is 1.00. The maximum Gasteiger partial charge on any atom is 0.0620 e. The number of nitrogens with one attached hydrogen (secondary N) is 1. The van der Waals surface area contributed by atoms with E-state index in [4.69, 9.17) is 9.47 Å². The number of rotatable bonds is 3. The highest BCUT2D eigenvalue weighted by molar-refractivity contribution is 4.81. The first-order valence-electron chi connectivity index (χ1n) is 6.42. The third-order valence-electron chi connectivity index (χ3n) is 3.61. The first-order chi connectivity index (χ1) is 7.77. The van der Waals surface area contributed by atoms with Crippen molar-refractivity contribution in [2.75, 3.05) is 39.5 Å². The van der Waals surface area contributed by atoms with E-state index in [2.05, 4.69) is 24.1 Å². The fourth-order valence-corrected chi connectivity index (χ4v) is 2.71. The topological polar surface area (TPSA) is 33.7 Å². The normalized spacial score (nSPS) is 34.9. The molecule has 0 radical (unpaired) electrons. The second kappa shape index (κ2) is 5.96. The summed E-state index contributed by atoms with van der Waals surface area (Å²) in [7, 11) is 0. The van der Waals surface area contributed by atoms with Crippen molar-refractivity contribution in [1.82, 2.24) is 10.2 Å². The molecular formula is C12H24N2O2. The molecule has 0 spiro atoms. The van der Waals surface area contributed by atoms with Crippen molar-refractivity contribution in [1.29, 1.82) is 0 Å². The summed E-state index contributed by atoms with van der Waals surface area (Å²) in [6.07, 6.45) is 1.17. The second-order valence-electron chi connectivity index (χ2n) is 4.97. The molecule has 16 heavy (non-hydrogen) atoms. The van der Waals surface area contributed by atoms with Crippen LogP contribution >= 0.6 is 0 Å². The maximum atomic E-state index is 5.49. The predicted octanol–water partition coefficient (Wildman–Crippen LogP) is 0.474. The SMILES string of the molecule is CC1COCCN1C(C)CC1COCCN1. The van der Waals surface area contributed by atoms with Crippen LogP contribution in [-0.4, -0.2) is 62.5 Å². The zero-order valence-corrected chi connectivity index (χ0v) is 10.4. The molecule has 0 aromatic carbocycles. The van der Waals surface area contributed by atoms with E-state index in [1.807, 2.05) is 0 Å². The van der Waals surface area contributed by atoms with E-state index in [9.17, 15) is 0 Å². The Morgan fingerprint density at radius 3 is 2.81 bits per heavy atom. The lowest BCUT2D eigenvalue weighted by Crippen LogP contribution is -2.51. The van der Waals surface area contributed by atoms with Gasteiger partial charge in [0.05, 0.1) is 26.4 Å². The number of hydrogen-bond acceptors (Lipinski definition) is 4. The highest BCUT2D eigenvalue weighted by Crippen LogP contribution is 2.15. The molecular weight excluding hydrogens is 204 g/mol. The van der Waals surface area contributed by atoms with Gasteiger partial charge in [0.2, 0.25) is 0 Å². The minimum Gasteiger partial charge on any atom is -0.379 e. The summed E-state index contributed by atoms with van der Waals surface area (Å²) in [6, 6.07) is 1.69. The average molecular weight is 228 g/mol. The van der Waals surface area contributed by atoms with Crippen LogP contribution in [0.4, 0.5) is 0 Å². The number of nitrogens with zero attached hydrogens (tertiary/aromatic N) is 1. The number of morpholine rings is 2. The molecule has 3 atom stereocenters. The van der Waals surface area contributed by atoms with E-state index < -0.39 is 0 Å². The van der Waals surface area contributed by atoms with Crippen LogP contribution in [0.3, 0.4) is 0 Å². The Labute approximate surface area is 98.3 Å². The van der Waals surface area contributed by atoms with E-state index in [1.165, 1.54) is 6.42 Å². The van der Waals surface area contributed by atoms with Gasteiger partial charge in [0.15, 0.2) is 0 Å². The Kier molecular flexibility index (Phi) is 4.58. The van der Waals surface area contributed by atoms with Crippen molar-refractivity contribution in [3.63, 3.8) is 0 Å². The van der Waals surface area contributed by atoms with E-state index in [0.717, 1.165) is 39.5 Å². The molecule has 4 nitrogen and oxygen atoms in total. The molecule has 3 unspecified atom stereocenters. The fourth-order valence-electron chi connectivity index (χ4n) is 2.71. The van der Waals surface area contributed by atoms with Crippen LogP contribution in [0.15, 0.2) is 0 Å². The van der Waals surface area contributed by atoms with Gasteiger partial charge in [-0.2, -0.15) is 0 Å². The maximum absolute atomic E-state index is 5.49. The van der Waals surface area contributed by atoms with Crippen LogP contribution in [0.5, 0.6) is 0 Å². The monoisotopic (exact) mass is 228 g/mol. The van der Waals surface area contributed by atoms with E-state index in [1.54, 1.807) is 0 Å².